The Morgan fingerprint density at radius 3 is 2.65 bits per heavy atom. The first-order chi connectivity index (χ1) is 11.2. The predicted molar refractivity (Wildman–Crippen MR) is 88.1 cm³/mol. The Morgan fingerprint density at radius 1 is 1.22 bits per heavy atom. The molecule has 23 heavy (non-hydrogen) atoms. The fraction of sp³-hybridized carbons (Fsp3) is 0.529. The van der Waals surface area contributed by atoms with E-state index in [1.165, 1.54) is 12.8 Å². The van der Waals surface area contributed by atoms with Crippen LogP contribution in [-0.4, -0.2) is 38.9 Å². The molecule has 0 bridgehead atoms. The van der Waals surface area contributed by atoms with Crippen molar-refractivity contribution >= 4 is 16.8 Å². The number of hydrogen-bond donors (Lipinski definition) is 0. The molecule has 0 saturated heterocycles. The van der Waals surface area contributed by atoms with Gasteiger partial charge in [-0.2, -0.15) is 0 Å². The Morgan fingerprint density at radius 2 is 1.91 bits per heavy atom. The SMILES string of the molecule is CN(C(=O)Cn1nnc2ccccc2c1=O)C1CCCCCC1. The zero-order valence-electron chi connectivity index (χ0n) is 13.4. The van der Waals surface area contributed by atoms with Gasteiger partial charge in [-0.25, -0.2) is 4.68 Å². The van der Waals surface area contributed by atoms with E-state index in [2.05, 4.69) is 10.3 Å². The molecule has 0 spiro atoms. The lowest BCUT2D eigenvalue weighted by molar-refractivity contribution is -0.133. The minimum absolute atomic E-state index is 0.0519. The van der Waals surface area contributed by atoms with E-state index >= 15 is 0 Å². The number of benzene rings is 1. The summed E-state index contributed by atoms with van der Waals surface area (Å²) in [5.41, 5.74) is 0.288. The molecule has 6 nitrogen and oxygen atoms in total. The molecule has 2 aromatic rings. The molecule has 3 rings (SSSR count). The van der Waals surface area contributed by atoms with Gasteiger partial charge in [-0.1, -0.05) is 43.0 Å². The number of hydrogen-bond acceptors (Lipinski definition) is 4. The van der Waals surface area contributed by atoms with Crippen molar-refractivity contribution in [3.8, 4) is 0 Å². The van der Waals surface area contributed by atoms with Gasteiger partial charge in [-0.05, 0) is 25.0 Å². The van der Waals surface area contributed by atoms with E-state index in [0.717, 1.165) is 30.4 Å². The maximum absolute atomic E-state index is 12.5. The maximum Gasteiger partial charge on any atom is 0.278 e. The normalized spacial score (nSPS) is 16.2. The van der Waals surface area contributed by atoms with Crippen LogP contribution in [0.4, 0.5) is 0 Å². The van der Waals surface area contributed by atoms with Gasteiger partial charge in [0, 0.05) is 13.1 Å². The highest BCUT2D eigenvalue weighted by Gasteiger charge is 2.22. The Labute approximate surface area is 135 Å². The van der Waals surface area contributed by atoms with Crippen LogP contribution in [0.15, 0.2) is 29.1 Å². The van der Waals surface area contributed by atoms with E-state index in [1.54, 1.807) is 23.1 Å². The van der Waals surface area contributed by atoms with Crippen LogP contribution in [0.5, 0.6) is 0 Å². The third-order valence-electron chi connectivity index (χ3n) is 4.68. The summed E-state index contributed by atoms with van der Waals surface area (Å²) in [6, 6.07) is 7.32. The molecule has 1 saturated carbocycles. The third kappa shape index (κ3) is 3.41. The molecule has 0 radical (unpaired) electrons. The summed E-state index contributed by atoms with van der Waals surface area (Å²) in [6.07, 6.45) is 6.90. The van der Waals surface area contributed by atoms with Crippen molar-refractivity contribution in [2.75, 3.05) is 7.05 Å². The number of fused-ring (bicyclic) bond motifs is 1. The standard InChI is InChI=1S/C17H22N4O2/c1-20(13-8-4-2-3-5-9-13)16(22)12-21-17(23)14-10-6-7-11-15(14)18-19-21/h6-7,10-11,13H,2-5,8-9,12H2,1H3. The minimum atomic E-state index is -0.266. The van der Waals surface area contributed by atoms with Gasteiger partial charge in [0.15, 0.2) is 0 Å². The molecule has 6 heteroatoms. The molecule has 122 valence electrons. The molecular weight excluding hydrogens is 292 g/mol. The van der Waals surface area contributed by atoms with Crippen molar-refractivity contribution in [2.45, 2.75) is 51.1 Å². The monoisotopic (exact) mass is 314 g/mol. The lowest BCUT2D eigenvalue weighted by atomic mass is 10.1. The van der Waals surface area contributed by atoms with E-state index in [4.69, 9.17) is 0 Å². The number of amides is 1. The molecule has 1 aromatic carbocycles. The first kappa shape index (κ1) is 15.6. The molecule has 1 aromatic heterocycles. The number of likely N-dealkylation sites (N-methyl/N-ethyl adjacent to an activating group) is 1. The van der Waals surface area contributed by atoms with Crippen LogP contribution in [0, 0.1) is 0 Å². The van der Waals surface area contributed by atoms with Crippen molar-refractivity contribution in [1.29, 1.82) is 0 Å². The smallest absolute Gasteiger partial charge is 0.278 e. The summed E-state index contributed by atoms with van der Waals surface area (Å²) in [6.45, 7) is -0.0519. The van der Waals surface area contributed by atoms with E-state index in [9.17, 15) is 9.59 Å². The second-order valence-electron chi connectivity index (χ2n) is 6.22. The molecule has 0 atom stereocenters. The molecular formula is C17H22N4O2. The van der Waals surface area contributed by atoms with Crippen LogP contribution in [0.2, 0.25) is 0 Å². The fourth-order valence-corrected chi connectivity index (χ4v) is 3.22. The summed E-state index contributed by atoms with van der Waals surface area (Å²) >= 11 is 0. The number of aromatic nitrogens is 3. The molecule has 1 amide bonds. The topological polar surface area (TPSA) is 68.1 Å². The Kier molecular flexibility index (Phi) is 4.69. The fourth-order valence-electron chi connectivity index (χ4n) is 3.22. The molecule has 0 N–H and O–H groups in total. The van der Waals surface area contributed by atoms with E-state index in [1.807, 2.05) is 13.1 Å². The largest absolute Gasteiger partial charge is 0.341 e. The van der Waals surface area contributed by atoms with Crippen LogP contribution in [0.3, 0.4) is 0 Å². The van der Waals surface area contributed by atoms with Crippen molar-refractivity contribution in [3.63, 3.8) is 0 Å². The highest BCUT2D eigenvalue weighted by Crippen LogP contribution is 2.21. The van der Waals surface area contributed by atoms with Crippen molar-refractivity contribution in [3.05, 3.63) is 34.6 Å². The summed E-state index contributed by atoms with van der Waals surface area (Å²) in [5, 5.41) is 8.42. The Bertz CT molecular complexity index is 748. The van der Waals surface area contributed by atoms with Gasteiger partial charge < -0.3 is 4.90 Å². The highest BCUT2D eigenvalue weighted by atomic mass is 16.2. The average Bonchev–Trinajstić information content (AvgIpc) is 2.86. The van der Waals surface area contributed by atoms with Gasteiger partial charge in [-0.15, -0.1) is 5.10 Å². The molecule has 1 aliphatic rings. The Balaban J connectivity index is 1.77. The van der Waals surface area contributed by atoms with Gasteiger partial charge in [0.2, 0.25) is 5.91 Å². The molecule has 1 fully saturated rings. The minimum Gasteiger partial charge on any atom is -0.341 e. The highest BCUT2D eigenvalue weighted by molar-refractivity contribution is 5.78. The summed E-state index contributed by atoms with van der Waals surface area (Å²) in [5.74, 6) is -0.0800. The van der Waals surface area contributed by atoms with E-state index in [-0.39, 0.29) is 24.1 Å². The first-order valence-corrected chi connectivity index (χ1v) is 8.25. The molecule has 1 heterocycles. The van der Waals surface area contributed by atoms with Crippen LogP contribution in [0.25, 0.3) is 10.9 Å². The van der Waals surface area contributed by atoms with Gasteiger partial charge >= 0.3 is 0 Å². The third-order valence-corrected chi connectivity index (χ3v) is 4.68. The lowest BCUT2D eigenvalue weighted by Gasteiger charge is -2.27. The van der Waals surface area contributed by atoms with Crippen molar-refractivity contribution in [2.24, 2.45) is 0 Å². The molecule has 0 aliphatic heterocycles. The molecule has 1 aliphatic carbocycles. The van der Waals surface area contributed by atoms with E-state index in [0.29, 0.717) is 10.9 Å². The number of rotatable bonds is 3. The lowest BCUT2D eigenvalue weighted by Crippen LogP contribution is -2.41. The zero-order valence-corrected chi connectivity index (χ0v) is 13.4. The number of carbonyl (C=O) groups excluding carboxylic acids is 1. The predicted octanol–water partition coefficient (Wildman–Crippen LogP) is 1.97. The second kappa shape index (κ2) is 6.89. The van der Waals surface area contributed by atoms with Crippen LogP contribution in [0.1, 0.15) is 38.5 Å². The van der Waals surface area contributed by atoms with E-state index < -0.39 is 0 Å². The van der Waals surface area contributed by atoms with Gasteiger partial charge in [0.1, 0.15) is 12.1 Å². The van der Waals surface area contributed by atoms with Gasteiger partial charge in [0.25, 0.3) is 5.56 Å². The quantitative estimate of drug-likeness (QED) is 0.812. The number of carbonyl (C=O) groups is 1. The average molecular weight is 314 g/mol. The van der Waals surface area contributed by atoms with Crippen LogP contribution < -0.4 is 5.56 Å². The van der Waals surface area contributed by atoms with Crippen LogP contribution in [-0.2, 0) is 11.3 Å². The summed E-state index contributed by atoms with van der Waals surface area (Å²) < 4.78 is 1.16. The maximum atomic E-state index is 12.5. The Hall–Kier alpha value is -2.24. The van der Waals surface area contributed by atoms with Crippen molar-refractivity contribution < 1.29 is 4.79 Å². The second-order valence-corrected chi connectivity index (χ2v) is 6.22. The number of nitrogens with zero attached hydrogens (tertiary/aromatic N) is 4. The zero-order chi connectivity index (χ0) is 16.2. The van der Waals surface area contributed by atoms with Crippen molar-refractivity contribution in [1.82, 2.24) is 19.9 Å². The van der Waals surface area contributed by atoms with Gasteiger partial charge in [-0.3, -0.25) is 9.59 Å². The molecule has 0 unspecified atom stereocenters. The van der Waals surface area contributed by atoms with Gasteiger partial charge in [0.05, 0.1) is 5.39 Å². The van der Waals surface area contributed by atoms with Crippen LogP contribution >= 0.6 is 0 Å². The summed E-state index contributed by atoms with van der Waals surface area (Å²) in [4.78, 5) is 26.7. The first-order valence-electron chi connectivity index (χ1n) is 8.25. The summed E-state index contributed by atoms with van der Waals surface area (Å²) in [7, 11) is 1.83.